The Morgan fingerprint density at radius 2 is 2.00 bits per heavy atom. The molecule has 0 aliphatic heterocycles. The number of carbonyl (C=O) groups is 1. The maximum atomic E-state index is 11.9. The molecule has 94 valence electrons. The summed E-state index contributed by atoms with van der Waals surface area (Å²) in [5.41, 5.74) is 6.22. The summed E-state index contributed by atoms with van der Waals surface area (Å²) in [4.78, 5) is 11.9. The molecule has 0 saturated heterocycles. The van der Waals surface area contributed by atoms with Gasteiger partial charge >= 0.3 is 0 Å². The molecule has 1 heterocycles. The monoisotopic (exact) mass is 237 g/mol. The topological polar surface area (TPSA) is 96.7 Å². The first kappa shape index (κ1) is 12.0. The van der Waals surface area contributed by atoms with E-state index in [4.69, 9.17) is 5.73 Å². The summed E-state index contributed by atoms with van der Waals surface area (Å²) in [6, 6.07) is 0.104. The molecule has 4 N–H and O–H groups in total. The third-order valence-corrected chi connectivity index (χ3v) is 4.01. The molecule has 1 amide bonds. The number of H-pyrrole nitrogens is 1. The average molecular weight is 237 g/mol. The molecular weight excluding hydrogens is 218 g/mol. The molecule has 0 spiro atoms. The van der Waals surface area contributed by atoms with E-state index in [1.165, 1.54) is 6.20 Å². The summed E-state index contributed by atoms with van der Waals surface area (Å²) in [6.07, 6.45) is 1.41. The second kappa shape index (κ2) is 3.53. The highest BCUT2D eigenvalue weighted by atomic mass is 16.2. The van der Waals surface area contributed by atoms with Crippen molar-refractivity contribution in [3.8, 4) is 0 Å². The molecule has 1 fully saturated rings. The van der Waals surface area contributed by atoms with Crippen LogP contribution in [0.4, 0.5) is 0 Å². The first-order valence-corrected chi connectivity index (χ1v) is 5.70. The number of rotatable bonds is 2. The number of carbonyl (C=O) groups excluding carboxylic acids is 1. The molecule has 0 bridgehead atoms. The van der Waals surface area contributed by atoms with E-state index in [2.05, 4.69) is 48.4 Å². The standard InChI is InChI=1S/C11H19N5O/c1-10(2)8(12)11(3,4)9(10)14-7(17)6-5-13-16-15-6/h5,8-9H,12H2,1-4H3,(H,14,17)(H,13,15,16). The van der Waals surface area contributed by atoms with Gasteiger partial charge in [0, 0.05) is 22.9 Å². The van der Waals surface area contributed by atoms with Crippen molar-refractivity contribution in [2.75, 3.05) is 0 Å². The fraction of sp³-hybridized carbons (Fsp3) is 0.727. The Balaban J connectivity index is 2.12. The highest BCUT2D eigenvalue weighted by molar-refractivity contribution is 5.92. The Hall–Kier alpha value is -1.43. The third kappa shape index (κ3) is 1.63. The maximum Gasteiger partial charge on any atom is 0.273 e. The minimum atomic E-state index is -0.211. The Morgan fingerprint density at radius 1 is 1.41 bits per heavy atom. The van der Waals surface area contributed by atoms with E-state index in [9.17, 15) is 4.79 Å². The number of nitrogens with zero attached hydrogens (tertiary/aromatic N) is 2. The van der Waals surface area contributed by atoms with Crippen LogP contribution in [0.25, 0.3) is 0 Å². The van der Waals surface area contributed by atoms with Gasteiger partial charge in [0.25, 0.3) is 5.91 Å². The number of amides is 1. The van der Waals surface area contributed by atoms with Gasteiger partial charge in [0.05, 0.1) is 6.20 Å². The van der Waals surface area contributed by atoms with Gasteiger partial charge in [-0.1, -0.05) is 27.7 Å². The highest BCUT2D eigenvalue weighted by Gasteiger charge is 2.60. The van der Waals surface area contributed by atoms with Crippen LogP contribution >= 0.6 is 0 Å². The minimum Gasteiger partial charge on any atom is -0.347 e. The second-order valence-corrected chi connectivity index (χ2v) is 5.88. The van der Waals surface area contributed by atoms with Crippen LogP contribution in [0.2, 0.25) is 0 Å². The van der Waals surface area contributed by atoms with Crippen molar-refractivity contribution >= 4 is 5.91 Å². The number of nitrogens with one attached hydrogen (secondary N) is 2. The van der Waals surface area contributed by atoms with Gasteiger partial charge in [0.1, 0.15) is 0 Å². The van der Waals surface area contributed by atoms with Crippen molar-refractivity contribution in [3.05, 3.63) is 11.9 Å². The van der Waals surface area contributed by atoms with Crippen LogP contribution in [-0.4, -0.2) is 33.4 Å². The van der Waals surface area contributed by atoms with Gasteiger partial charge in [0.15, 0.2) is 5.69 Å². The Morgan fingerprint density at radius 3 is 2.47 bits per heavy atom. The van der Waals surface area contributed by atoms with E-state index in [1.54, 1.807) is 0 Å². The molecule has 6 nitrogen and oxygen atoms in total. The molecule has 1 aromatic rings. The lowest BCUT2D eigenvalue weighted by Gasteiger charge is -2.62. The van der Waals surface area contributed by atoms with Gasteiger partial charge < -0.3 is 11.1 Å². The number of hydrogen-bond acceptors (Lipinski definition) is 4. The normalized spacial score (nSPS) is 29.5. The van der Waals surface area contributed by atoms with Crippen LogP contribution in [0, 0.1) is 10.8 Å². The zero-order valence-corrected chi connectivity index (χ0v) is 10.6. The minimum absolute atomic E-state index is 0.0363. The summed E-state index contributed by atoms with van der Waals surface area (Å²) >= 11 is 0. The molecule has 0 radical (unpaired) electrons. The number of hydrogen-bond donors (Lipinski definition) is 3. The number of nitrogens with two attached hydrogens (primary N) is 1. The van der Waals surface area contributed by atoms with Crippen LogP contribution in [0.3, 0.4) is 0 Å². The van der Waals surface area contributed by atoms with Crippen molar-refractivity contribution in [2.24, 2.45) is 16.6 Å². The van der Waals surface area contributed by atoms with Crippen molar-refractivity contribution < 1.29 is 4.79 Å². The zero-order chi connectivity index (χ0) is 12.8. The number of aromatic nitrogens is 3. The molecule has 2 rings (SSSR count). The largest absolute Gasteiger partial charge is 0.347 e. The predicted octanol–water partition coefficient (Wildman–Crippen LogP) is 0.296. The molecular formula is C11H19N5O. The van der Waals surface area contributed by atoms with Gasteiger partial charge in [-0.15, -0.1) is 0 Å². The molecule has 1 aromatic heterocycles. The van der Waals surface area contributed by atoms with Crippen LogP contribution in [0.15, 0.2) is 6.20 Å². The fourth-order valence-electron chi connectivity index (χ4n) is 3.07. The highest BCUT2D eigenvalue weighted by Crippen LogP contribution is 2.52. The van der Waals surface area contributed by atoms with Crippen LogP contribution in [0.5, 0.6) is 0 Å². The summed E-state index contributed by atoms with van der Waals surface area (Å²) in [5, 5.41) is 12.8. The van der Waals surface area contributed by atoms with E-state index in [-0.39, 0.29) is 28.8 Å². The predicted molar refractivity (Wildman–Crippen MR) is 63.2 cm³/mol. The van der Waals surface area contributed by atoms with Crippen molar-refractivity contribution in [2.45, 2.75) is 39.8 Å². The Labute approximate surface area is 100 Å². The molecule has 17 heavy (non-hydrogen) atoms. The SMILES string of the molecule is CC1(C)C(N)C(C)(C)C1NC(=O)c1cn[nH]n1. The lowest BCUT2D eigenvalue weighted by Crippen LogP contribution is -2.76. The van der Waals surface area contributed by atoms with Gasteiger partial charge in [-0.3, -0.25) is 4.79 Å². The summed E-state index contributed by atoms with van der Waals surface area (Å²) in [6.45, 7) is 8.26. The molecule has 1 saturated carbocycles. The molecule has 0 atom stereocenters. The molecule has 1 aliphatic rings. The Bertz CT molecular complexity index is 407. The second-order valence-electron chi connectivity index (χ2n) is 5.88. The summed E-state index contributed by atoms with van der Waals surface area (Å²) in [5.74, 6) is -0.211. The van der Waals surface area contributed by atoms with E-state index in [0.29, 0.717) is 5.69 Å². The van der Waals surface area contributed by atoms with Crippen molar-refractivity contribution in [1.29, 1.82) is 0 Å². The summed E-state index contributed by atoms with van der Waals surface area (Å²) in [7, 11) is 0. The first-order chi connectivity index (χ1) is 7.78. The van der Waals surface area contributed by atoms with E-state index in [0.717, 1.165) is 0 Å². The molecule has 0 aromatic carbocycles. The van der Waals surface area contributed by atoms with Gasteiger partial charge in [-0.05, 0) is 0 Å². The van der Waals surface area contributed by atoms with E-state index in [1.807, 2.05) is 0 Å². The summed E-state index contributed by atoms with van der Waals surface area (Å²) < 4.78 is 0. The third-order valence-electron chi connectivity index (χ3n) is 4.01. The van der Waals surface area contributed by atoms with Crippen LogP contribution in [-0.2, 0) is 0 Å². The quantitative estimate of drug-likeness (QED) is 0.689. The molecule has 1 aliphatic carbocycles. The lowest BCUT2D eigenvalue weighted by atomic mass is 9.48. The molecule has 0 unspecified atom stereocenters. The Kier molecular flexibility index (Phi) is 2.50. The van der Waals surface area contributed by atoms with Crippen molar-refractivity contribution in [3.63, 3.8) is 0 Å². The van der Waals surface area contributed by atoms with Crippen LogP contribution < -0.4 is 11.1 Å². The zero-order valence-electron chi connectivity index (χ0n) is 10.6. The first-order valence-electron chi connectivity index (χ1n) is 5.70. The maximum absolute atomic E-state index is 11.9. The van der Waals surface area contributed by atoms with E-state index < -0.39 is 0 Å². The lowest BCUT2D eigenvalue weighted by molar-refractivity contribution is -0.0664. The molecule has 6 heteroatoms. The average Bonchev–Trinajstić information content (AvgIpc) is 2.77. The number of aromatic amines is 1. The van der Waals surface area contributed by atoms with Gasteiger partial charge in [0.2, 0.25) is 0 Å². The van der Waals surface area contributed by atoms with Gasteiger partial charge in [-0.25, -0.2) is 0 Å². The fourth-order valence-corrected chi connectivity index (χ4v) is 3.07. The van der Waals surface area contributed by atoms with Crippen LogP contribution in [0.1, 0.15) is 38.2 Å². The van der Waals surface area contributed by atoms with Gasteiger partial charge in [-0.2, -0.15) is 15.4 Å². The van der Waals surface area contributed by atoms with E-state index >= 15 is 0 Å². The van der Waals surface area contributed by atoms with Crippen molar-refractivity contribution in [1.82, 2.24) is 20.7 Å². The smallest absolute Gasteiger partial charge is 0.273 e.